The van der Waals surface area contributed by atoms with Crippen LogP contribution in [0.2, 0.25) is 0 Å². The standard InChI is InChI=1S/C29H27FN2O5/c1-16(2)11-12-36-22-8-6-18(13-23(22)35-4)26-25-27(33)20-14-19(30)7-9-21(20)37-28(25)29(34)32(26)24-10-5-17(3)15-31-24/h5-10,13-16,26H,11-12H2,1-4H3. The number of carbonyl (C=O) groups excluding carboxylic acids is 1. The SMILES string of the molecule is COc1cc(C2c3c(oc4ccc(F)cc4c3=O)C(=O)N2c2ccc(C)cn2)ccc1OCCC(C)C. The van der Waals surface area contributed by atoms with E-state index in [1.54, 1.807) is 30.5 Å². The maximum Gasteiger partial charge on any atom is 0.296 e. The van der Waals surface area contributed by atoms with Crippen molar-refractivity contribution >= 4 is 22.7 Å². The van der Waals surface area contributed by atoms with Crippen molar-refractivity contribution in [2.45, 2.75) is 33.2 Å². The third kappa shape index (κ3) is 4.43. The maximum atomic E-state index is 14.0. The Morgan fingerprint density at radius 1 is 1.08 bits per heavy atom. The zero-order valence-electron chi connectivity index (χ0n) is 21.1. The Labute approximate surface area is 213 Å². The molecule has 3 heterocycles. The predicted molar refractivity (Wildman–Crippen MR) is 138 cm³/mol. The van der Waals surface area contributed by atoms with Crippen LogP contribution in [-0.4, -0.2) is 24.6 Å². The van der Waals surface area contributed by atoms with Gasteiger partial charge in [0.15, 0.2) is 16.9 Å². The second kappa shape index (κ2) is 9.69. The number of pyridine rings is 1. The molecular formula is C29H27FN2O5. The number of methoxy groups -OCH3 is 1. The van der Waals surface area contributed by atoms with Crippen molar-refractivity contribution in [2.24, 2.45) is 5.92 Å². The normalized spacial score (nSPS) is 14.9. The molecular weight excluding hydrogens is 475 g/mol. The highest BCUT2D eigenvalue weighted by atomic mass is 19.1. The van der Waals surface area contributed by atoms with E-state index in [1.165, 1.54) is 24.1 Å². The summed E-state index contributed by atoms with van der Waals surface area (Å²) < 4.78 is 31.5. The predicted octanol–water partition coefficient (Wildman–Crippen LogP) is 5.82. The number of rotatable bonds is 7. The molecule has 1 atom stereocenters. The van der Waals surface area contributed by atoms with Gasteiger partial charge in [0.05, 0.1) is 30.7 Å². The van der Waals surface area contributed by atoms with E-state index in [2.05, 4.69) is 18.8 Å². The Balaban J connectivity index is 1.68. The van der Waals surface area contributed by atoms with Crippen molar-refractivity contribution in [3.63, 3.8) is 0 Å². The highest BCUT2D eigenvalue weighted by Crippen LogP contribution is 2.42. The summed E-state index contributed by atoms with van der Waals surface area (Å²) in [4.78, 5) is 33.2. The molecule has 7 nitrogen and oxygen atoms in total. The molecule has 190 valence electrons. The molecule has 0 radical (unpaired) electrons. The largest absolute Gasteiger partial charge is 0.493 e. The van der Waals surface area contributed by atoms with Gasteiger partial charge in [-0.1, -0.05) is 26.0 Å². The number of anilines is 1. The van der Waals surface area contributed by atoms with Crippen LogP contribution in [0.3, 0.4) is 0 Å². The molecule has 5 rings (SSSR count). The van der Waals surface area contributed by atoms with Crippen LogP contribution in [-0.2, 0) is 0 Å². The molecule has 1 unspecified atom stereocenters. The van der Waals surface area contributed by atoms with Crippen molar-refractivity contribution in [1.82, 2.24) is 4.98 Å². The van der Waals surface area contributed by atoms with Gasteiger partial charge in [0.25, 0.3) is 5.91 Å². The molecule has 8 heteroatoms. The molecule has 1 amide bonds. The van der Waals surface area contributed by atoms with E-state index >= 15 is 0 Å². The molecule has 0 saturated carbocycles. The molecule has 4 aromatic rings. The van der Waals surface area contributed by atoms with Crippen molar-refractivity contribution in [1.29, 1.82) is 0 Å². The number of hydrogen-bond acceptors (Lipinski definition) is 6. The zero-order valence-corrected chi connectivity index (χ0v) is 21.1. The van der Waals surface area contributed by atoms with E-state index in [0.717, 1.165) is 18.1 Å². The fourth-order valence-electron chi connectivity index (χ4n) is 4.48. The van der Waals surface area contributed by atoms with Gasteiger partial charge in [-0.2, -0.15) is 0 Å². The lowest BCUT2D eigenvalue weighted by Crippen LogP contribution is -2.30. The summed E-state index contributed by atoms with van der Waals surface area (Å²) in [5, 5.41) is 0.0656. The van der Waals surface area contributed by atoms with Crippen LogP contribution in [0.25, 0.3) is 11.0 Å². The first kappa shape index (κ1) is 24.5. The van der Waals surface area contributed by atoms with Gasteiger partial charge >= 0.3 is 0 Å². The Morgan fingerprint density at radius 2 is 1.89 bits per heavy atom. The van der Waals surface area contributed by atoms with Crippen LogP contribution in [0.5, 0.6) is 11.5 Å². The second-order valence-corrected chi connectivity index (χ2v) is 9.53. The quantitative estimate of drug-likeness (QED) is 0.317. The van der Waals surface area contributed by atoms with Gasteiger partial charge in [-0.05, 0) is 66.8 Å². The Morgan fingerprint density at radius 3 is 2.59 bits per heavy atom. The fraction of sp³-hybridized carbons (Fsp3) is 0.276. The van der Waals surface area contributed by atoms with E-state index in [1.807, 2.05) is 13.0 Å². The molecule has 0 fully saturated rings. The Bertz CT molecular complexity index is 1540. The van der Waals surface area contributed by atoms with E-state index in [0.29, 0.717) is 35.4 Å². The lowest BCUT2D eigenvalue weighted by Gasteiger charge is -2.25. The summed E-state index contributed by atoms with van der Waals surface area (Å²) in [6.07, 6.45) is 2.53. The van der Waals surface area contributed by atoms with Gasteiger partial charge < -0.3 is 13.9 Å². The molecule has 2 aromatic carbocycles. The number of ether oxygens (including phenoxy) is 2. The maximum absolute atomic E-state index is 14.0. The molecule has 0 bridgehead atoms. The van der Waals surface area contributed by atoms with Crippen molar-refractivity contribution < 1.29 is 23.1 Å². The second-order valence-electron chi connectivity index (χ2n) is 9.53. The molecule has 1 aliphatic heterocycles. The molecule has 0 aliphatic carbocycles. The molecule has 0 N–H and O–H groups in total. The van der Waals surface area contributed by atoms with Crippen LogP contribution < -0.4 is 19.8 Å². The number of halogens is 1. The van der Waals surface area contributed by atoms with Gasteiger partial charge in [0.1, 0.15) is 17.2 Å². The Kier molecular flexibility index (Phi) is 6.41. The van der Waals surface area contributed by atoms with Crippen LogP contribution in [0.1, 0.15) is 53.6 Å². The molecule has 0 saturated heterocycles. The molecule has 37 heavy (non-hydrogen) atoms. The first-order valence-electron chi connectivity index (χ1n) is 12.1. The lowest BCUT2D eigenvalue weighted by molar-refractivity contribution is 0.0970. The van der Waals surface area contributed by atoms with Gasteiger partial charge in [0.2, 0.25) is 5.76 Å². The van der Waals surface area contributed by atoms with Crippen molar-refractivity contribution in [3.8, 4) is 11.5 Å². The van der Waals surface area contributed by atoms with E-state index in [9.17, 15) is 14.0 Å². The topological polar surface area (TPSA) is 81.9 Å². The Hall–Kier alpha value is -4.20. The number of carbonyl (C=O) groups is 1. The summed E-state index contributed by atoms with van der Waals surface area (Å²) in [5.41, 5.74) is 1.32. The van der Waals surface area contributed by atoms with Gasteiger partial charge in [-0.3, -0.25) is 14.5 Å². The number of nitrogens with zero attached hydrogens (tertiary/aromatic N) is 2. The highest BCUT2D eigenvalue weighted by molar-refractivity contribution is 6.10. The van der Waals surface area contributed by atoms with E-state index in [-0.39, 0.29) is 22.3 Å². The number of hydrogen-bond donors (Lipinski definition) is 0. The first-order valence-corrected chi connectivity index (χ1v) is 12.1. The fourth-order valence-corrected chi connectivity index (χ4v) is 4.48. The third-order valence-electron chi connectivity index (χ3n) is 6.43. The van der Waals surface area contributed by atoms with E-state index < -0.39 is 23.2 Å². The smallest absolute Gasteiger partial charge is 0.296 e. The number of benzene rings is 2. The summed E-state index contributed by atoms with van der Waals surface area (Å²) in [6.45, 7) is 6.66. The minimum Gasteiger partial charge on any atom is -0.493 e. The highest BCUT2D eigenvalue weighted by Gasteiger charge is 2.44. The average Bonchev–Trinajstić information content (AvgIpc) is 3.17. The van der Waals surface area contributed by atoms with Gasteiger partial charge in [-0.15, -0.1) is 0 Å². The lowest BCUT2D eigenvalue weighted by atomic mass is 9.98. The van der Waals surface area contributed by atoms with Crippen LogP contribution in [0.4, 0.5) is 10.2 Å². The van der Waals surface area contributed by atoms with Crippen LogP contribution in [0, 0.1) is 18.7 Å². The minimum atomic E-state index is -0.861. The van der Waals surface area contributed by atoms with Crippen molar-refractivity contribution in [3.05, 3.63) is 93.2 Å². The summed E-state index contributed by atoms with van der Waals surface area (Å²) in [6, 6.07) is 11.7. The monoisotopic (exact) mass is 502 g/mol. The summed E-state index contributed by atoms with van der Waals surface area (Å²) >= 11 is 0. The summed E-state index contributed by atoms with van der Waals surface area (Å²) in [7, 11) is 1.53. The molecule has 1 aliphatic rings. The third-order valence-corrected chi connectivity index (χ3v) is 6.43. The number of aromatic nitrogens is 1. The minimum absolute atomic E-state index is 0.0656. The molecule has 0 spiro atoms. The van der Waals surface area contributed by atoms with Gasteiger partial charge in [-0.25, -0.2) is 9.37 Å². The summed E-state index contributed by atoms with van der Waals surface area (Å²) in [5.74, 6) is 0.712. The number of aryl methyl sites for hydroxylation is 1. The van der Waals surface area contributed by atoms with E-state index in [4.69, 9.17) is 13.9 Å². The van der Waals surface area contributed by atoms with Crippen LogP contribution in [0.15, 0.2) is 63.9 Å². The van der Waals surface area contributed by atoms with Crippen molar-refractivity contribution in [2.75, 3.05) is 18.6 Å². The number of fused-ring (bicyclic) bond motifs is 2. The average molecular weight is 503 g/mol. The first-order chi connectivity index (χ1) is 17.8. The molecule has 2 aromatic heterocycles. The number of amides is 1. The van der Waals surface area contributed by atoms with Gasteiger partial charge in [0, 0.05) is 6.20 Å². The zero-order chi connectivity index (χ0) is 26.3. The van der Waals surface area contributed by atoms with Crippen LogP contribution >= 0.6 is 0 Å².